The first-order chi connectivity index (χ1) is 43.4. The zero-order valence-corrected chi connectivity index (χ0v) is 53.9. The van der Waals surface area contributed by atoms with Crippen molar-refractivity contribution in [1.29, 1.82) is 0 Å². The second-order valence-corrected chi connectivity index (χ2v) is 30.7. The molecule has 4 saturated carbocycles. The van der Waals surface area contributed by atoms with Crippen LogP contribution in [0.15, 0.2) is 11.6 Å². The predicted molar refractivity (Wildman–Crippen MR) is 309 cm³/mol. The van der Waals surface area contributed by atoms with Crippen LogP contribution in [-0.4, -0.2) is 292 Å². The smallest absolute Gasteiger partial charge is 0.335 e. The minimum Gasteiger partial charge on any atom is -0.479 e. The summed E-state index contributed by atoms with van der Waals surface area (Å²) in [4.78, 5) is 27.9. The third-order valence-corrected chi connectivity index (χ3v) is 24.4. The summed E-state index contributed by atoms with van der Waals surface area (Å²) >= 11 is 0. The summed E-state index contributed by atoms with van der Waals surface area (Å²) in [5, 5.41) is 176. The lowest BCUT2D eigenvalue weighted by molar-refractivity contribution is -0.387. The molecule has 0 spiro atoms. The van der Waals surface area contributed by atoms with Gasteiger partial charge in [-0.15, -0.1) is 0 Å². The molecule has 11 rings (SSSR count). The van der Waals surface area contributed by atoms with Gasteiger partial charge in [-0.05, 0) is 116 Å². The van der Waals surface area contributed by atoms with Crippen molar-refractivity contribution in [2.24, 2.45) is 50.2 Å². The lowest BCUT2D eigenvalue weighted by Crippen LogP contribution is -2.68. The molecule has 30 heteroatoms. The monoisotopic (exact) mass is 1340 g/mol. The zero-order valence-electron chi connectivity index (χ0n) is 53.9. The average Bonchev–Trinajstić information content (AvgIpc) is 0.672. The minimum atomic E-state index is -2.07. The van der Waals surface area contributed by atoms with Gasteiger partial charge in [-0.1, -0.05) is 60.1 Å². The number of ether oxygens (including phenoxy) is 12. The molecule has 0 aromatic carbocycles. The van der Waals surface area contributed by atoms with Crippen molar-refractivity contribution in [3.63, 3.8) is 0 Å². The van der Waals surface area contributed by atoms with Gasteiger partial charge in [-0.25, -0.2) is 4.79 Å². The van der Waals surface area contributed by atoms with Crippen molar-refractivity contribution in [2.75, 3.05) is 19.8 Å². The lowest BCUT2D eigenvalue weighted by Gasteiger charge is -2.71. The SMILES string of the molecule is C[C@@H]1O[C@@H](O[C@@H]2[C@@H](O[C@@H]3O[C@@H](C)[C@H](O[C@@H]4OC[C@@H](O)[C@H](O[C@@H]5OC[C@@H](O)[C@H](O)[C@H]5O)[C@H]4O)[C@@H](O)[C@H]3O)[C@H](OC(=O)[C@]34CCC(C)(C)C[C@H]3C3=CC[C@@H]5[C@@]6(C)CC[C@H](O[C@@H]7O[C@H](C(=O)O)[C@@H](O)[C@H](O)[C@H]7O)C(C)(C)[C@@H]6CC[C@@]5(C)[C@]3(C)C[C@H]4O)OC[C@H]2O)[C@H](O)[C@H](O)[C@H]1O. The number of rotatable bonds is 13. The number of aliphatic hydroxyl groups excluding tert-OH is 15. The minimum absolute atomic E-state index is 0.0271. The molecule has 11 aliphatic rings. The number of allylic oxidation sites excluding steroid dienone is 2. The van der Waals surface area contributed by atoms with Gasteiger partial charge in [0.05, 0.1) is 44.2 Å². The van der Waals surface area contributed by atoms with E-state index in [-0.39, 0.29) is 35.5 Å². The van der Waals surface area contributed by atoms with Gasteiger partial charge in [0, 0.05) is 0 Å². The first-order valence-electron chi connectivity index (χ1n) is 32.9. The van der Waals surface area contributed by atoms with Crippen LogP contribution in [0.2, 0.25) is 0 Å². The van der Waals surface area contributed by atoms with Crippen LogP contribution < -0.4 is 0 Å². The summed E-state index contributed by atoms with van der Waals surface area (Å²) < 4.78 is 71.9. The van der Waals surface area contributed by atoms with Gasteiger partial charge in [0.25, 0.3) is 0 Å². The van der Waals surface area contributed by atoms with E-state index in [2.05, 4.69) is 54.5 Å². The number of carboxylic acid groups (broad SMARTS) is 1. The van der Waals surface area contributed by atoms with Gasteiger partial charge >= 0.3 is 11.9 Å². The highest BCUT2D eigenvalue weighted by molar-refractivity contribution is 5.80. The highest BCUT2D eigenvalue weighted by Gasteiger charge is 2.72. The molecule has 0 unspecified atom stereocenters. The van der Waals surface area contributed by atoms with E-state index in [0.29, 0.717) is 44.9 Å². The van der Waals surface area contributed by atoms with E-state index < -0.39 is 237 Å². The molecule has 30 nitrogen and oxygen atoms in total. The van der Waals surface area contributed by atoms with Crippen LogP contribution in [0.5, 0.6) is 0 Å². The molecule has 5 aliphatic carbocycles. The molecule has 0 aromatic rings. The van der Waals surface area contributed by atoms with Crippen LogP contribution in [0.4, 0.5) is 0 Å². The number of carboxylic acids is 1. The Bertz CT molecular complexity index is 2690. The molecule has 93 heavy (non-hydrogen) atoms. The summed E-state index contributed by atoms with van der Waals surface area (Å²) in [5.74, 6) is -2.91. The Balaban J connectivity index is 0.848. The Morgan fingerprint density at radius 3 is 1.68 bits per heavy atom. The maximum atomic E-state index is 15.9. The maximum Gasteiger partial charge on any atom is 0.335 e. The van der Waals surface area contributed by atoms with E-state index in [1.165, 1.54) is 13.8 Å². The largest absolute Gasteiger partial charge is 0.479 e. The predicted octanol–water partition coefficient (Wildman–Crippen LogP) is -3.35. The fourth-order valence-electron chi connectivity index (χ4n) is 18.7. The second kappa shape index (κ2) is 26.3. The first-order valence-corrected chi connectivity index (χ1v) is 32.9. The van der Waals surface area contributed by atoms with Crippen LogP contribution in [0, 0.1) is 50.2 Å². The number of carbonyl (C=O) groups is 2. The molecule has 10 fully saturated rings. The number of hydrogen-bond donors (Lipinski definition) is 16. The number of fused-ring (bicyclic) bond motifs is 7. The standard InChI is InChI=1S/C63H100O30/c1-23-34(68)36(70)41(75)53(85-23)90-47-29(66)22-84-56(49(47)92-54-43(77)39(73)45(24(2)86-54)88-52-44(78)46(28(65)21-83-52)89-51-40(74)35(69)27(64)20-82-51)93-57(81)63-17-16-58(3,4)18-26(63)25-10-11-31-60(7)14-13-33(87-55-42(76)37(71)38(72)48(91-55)50(79)80)59(5,6)30(60)12-15-61(31,8)62(25,9)19-32(63)67/h10,23-24,26-49,51-56,64-78H,11-22H2,1-9H3,(H,79,80)/t23-,24-,26-,27+,28+,29+,30-,31+,32+,33-,34-,35-,36+,37-,38-,39-,40+,41+,42+,43+,44+,45-,46-,47-,48-,49+,51-,52-,53-,54-,55+,56-,60-,61+,62+,63+/m0/s1. The van der Waals surface area contributed by atoms with Gasteiger partial charge in [-0.3, -0.25) is 4.79 Å². The maximum absolute atomic E-state index is 15.9. The number of aliphatic carboxylic acids is 1. The third-order valence-electron chi connectivity index (χ3n) is 24.4. The third kappa shape index (κ3) is 12.2. The summed E-state index contributed by atoms with van der Waals surface area (Å²) in [6.45, 7) is 16.4. The molecule has 532 valence electrons. The molecule has 16 N–H and O–H groups in total. The van der Waals surface area contributed by atoms with Crippen LogP contribution in [-0.2, 0) is 66.4 Å². The lowest BCUT2D eigenvalue weighted by atomic mass is 9.33. The van der Waals surface area contributed by atoms with E-state index in [1.807, 2.05) is 0 Å². The van der Waals surface area contributed by atoms with Crippen molar-refractivity contribution in [3.8, 4) is 0 Å². The molecule has 36 atom stereocenters. The molecule has 0 aromatic heterocycles. The van der Waals surface area contributed by atoms with Gasteiger partial charge in [0.2, 0.25) is 6.29 Å². The number of carbonyl (C=O) groups excluding carboxylic acids is 1. The van der Waals surface area contributed by atoms with E-state index in [0.717, 1.165) is 5.57 Å². The van der Waals surface area contributed by atoms with Crippen molar-refractivity contribution >= 4 is 11.9 Å². The van der Waals surface area contributed by atoms with Crippen LogP contribution in [0.3, 0.4) is 0 Å². The summed E-state index contributed by atoms with van der Waals surface area (Å²) in [7, 11) is 0. The summed E-state index contributed by atoms with van der Waals surface area (Å²) in [5.41, 5.74) is -2.98. The van der Waals surface area contributed by atoms with Crippen LogP contribution in [0.25, 0.3) is 0 Å². The molecular weight excluding hydrogens is 1240 g/mol. The topological polar surface area (TPSA) is 469 Å². The normalized spacial score (nSPS) is 54.6. The second-order valence-electron chi connectivity index (χ2n) is 30.7. The van der Waals surface area contributed by atoms with Gasteiger partial charge in [0.15, 0.2) is 43.7 Å². The quantitative estimate of drug-likeness (QED) is 0.0487. The van der Waals surface area contributed by atoms with Crippen LogP contribution >= 0.6 is 0 Å². The molecule has 6 heterocycles. The van der Waals surface area contributed by atoms with Gasteiger partial charge < -0.3 is 139 Å². The Kier molecular flexibility index (Phi) is 20.3. The Hall–Kier alpha value is -2.36. The van der Waals surface area contributed by atoms with E-state index in [4.69, 9.17) is 56.8 Å². The fraction of sp³-hybridized carbons (Fsp3) is 0.937. The van der Waals surface area contributed by atoms with E-state index in [9.17, 15) is 86.5 Å². The van der Waals surface area contributed by atoms with Crippen molar-refractivity contribution in [3.05, 3.63) is 11.6 Å². The van der Waals surface area contributed by atoms with Crippen LogP contribution in [0.1, 0.15) is 120 Å². The fourth-order valence-corrected chi connectivity index (χ4v) is 18.7. The molecule has 0 amide bonds. The first kappa shape index (κ1) is 71.9. The van der Waals surface area contributed by atoms with Gasteiger partial charge in [0.1, 0.15) is 109 Å². The summed E-state index contributed by atoms with van der Waals surface area (Å²) in [6.07, 6.45) is -41.2. The van der Waals surface area contributed by atoms with E-state index >= 15 is 4.79 Å². The van der Waals surface area contributed by atoms with Crippen molar-refractivity contribution < 1.29 is 148 Å². The molecule has 0 bridgehead atoms. The number of aliphatic hydroxyl groups is 15. The highest BCUT2D eigenvalue weighted by atomic mass is 16.8. The van der Waals surface area contributed by atoms with Gasteiger partial charge in [-0.2, -0.15) is 0 Å². The van der Waals surface area contributed by atoms with E-state index in [1.54, 1.807) is 0 Å². The van der Waals surface area contributed by atoms with Crippen molar-refractivity contribution in [1.82, 2.24) is 0 Å². The number of hydrogen-bond acceptors (Lipinski definition) is 29. The highest BCUT2D eigenvalue weighted by Crippen LogP contribution is 2.76. The Morgan fingerprint density at radius 1 is 0.484 bits per heavy atom. The molecule has 6 saturated heterocycles. The Morgan fingerprint density at radius 2 is 1.02 bits per heavy atom. The van der Waals surface area contributed by atoms with Crippen molar-refractivity contribution in [2.45, 2.75) is 298 Å². The molecular formula is C63H100O30. The summed E-state index contributed by atoms with van der Waals surface area (Å²) in [6, 6.07) is 0. The molecule has 0 radical (unpaired) electrons. The number of esters is 1. The zero-order chi connectivity index (χ0) is 67.9. The Labute approximate surface area is 538 Å². The average molecular weight is 1340 g/mol. The molecule has 6 aliphatic heterocycles.